The molecule has 2 unspecified atom stereocenters. The maximum atomic E-state index is 11.2. The molecule has 0 amide bonds. The van der Waals surface area contributed by atoms with Crippen molar-refractivity contribution in [2.75, 3.05) is 18.1 Å². The number of hydrogen-bond donors (Lipinski definition) is 1. The predicted octanol–water partition coefficient (Wildman–Crippen LogP) is 1.30. The van der Waals surface area contributed by atoms with E-state index in [4.69, 9.17) is 0 Å². The van der Waals surface area contributed by atoms with Gasteiger partial charge in [-0.2, -0.15) is 4.98 Å². The normalized spacial score (nSPS) is 14.7. The Balaban J connectivity index is 1.93. The Bertz CT molecular complexity index is 492. The summed E-state index contributed by atoms with van der Waals surface area (Å²) in [7, 11) is -0.769. The lowest BCUT2D eigenvalue weighted by Crippen LogP contribution is -2.15. The van der Waals surface area contributed by atoms with Crippen molar-refractivity contribution in [3.63, 3.8) is 0 Å². The first-order chi connectivity index (χ1) is 8.16. The molecule has 2 aromatic rings. The highest BCUT2D eigenvalue weighted by molar-refractivity contribution is 7.84. The molecule has 2 rings (SSSR count). The second-order valence-electron chi connectivity index (χ2n) is 3.96. The van der Waals surface area contributed by atoms with Gasteiger partial charge in [0.1, 0.15) is 0 Å². The smallest absolute Gasteiger partial charge is 0.243 e. The zero-order valence-electron chi connectivity index (χ0n) is 9.96. The number of hydrogen-bond acceptors (Lipinski definition) is 4. The van der Waals surface area contributed by atoms with E-state index >= 15 is 0 Å². The Kier molecular flexibility index (Phi) is 3.73. The van der Waals surface area contributed by atoms with Gasteiger partial charge in [0.15, 0.2) is 5.65 Å². The molecule has 5 nitrogen and oxygen atoms in total. The number of pyridine rings is 1. The van der Waals surface area contributed by atoms with E-state index in [0.717, 1.165) is 18.6 Å². The molecule has 0 aliphatic heterocycles. The van der Waals surface area contributed by atoms with Crippen molar-refractivity contribution in [3.8, 4) is 0 Å². The molecule has 0 saturated heterocycles. The van der Waals surface area contributed by atoms with Gasteiger partial charge < -0.3 is 5.32 Å². The fraction of sp³-hybridized carbons (Fsp3) is 0.455. The van der Waals surface area contributed by atoms with Crippen LogP contribution in [0.2, 0.25) is 0 Å². The van der Waals surface area contributed by atoms with E-state index in [1.54, 1.807) is 10.8 Å². The SMILES string of the molecule is CC(CCNc1nc2ccccn2n1)S(C)=O. The molecule has 0 saturated carbocycles. The maximum absolute atomic E-state index is 11.2. The van der Waals surface area contributed by atoms with Crippen LogP contribution in [0.15, 0.2) is 24.4 Å². The molecule has 0 bridgehead atoms. The minimum Gasteiger partial charge on any atom is -0.353 e. The molecule has 92 valence electrons. The number of rotatable bonds is 5. The van der Waals surface area contributed by atoms with Crippen molar-refractivity contribution in [1.82, 2.24) is 14.6 Å². The Morgan fingerprint density at radius 3 is 3.06 bits per heavy atom. The molecular weight excluding hydrogens is 236 g/mol. The van der Waals surface area contributed by atoms with Crippen LogP contribution in [-0.2, 0) is 10.8 Å². The fourth-order valence-electron chi connectivity index (χ4n) is 1.46. The summed E-state index contributed by atoms with van der Waals surface area (Å²) in [5.74, 6) is 0.616. The molecule has 2 aromatic heterocycles. The third-order valence-electron chi connectivity index (χ3n) is 2.64. The first kappa shape index (κ1) is 12.0. The van der Waals surface area contributed by atoms with E-state index in [1.165, 1.54) is 0 Å². The largest absolute Gasteiger partial charge is 0.353 e. The van der Waals surface area contributed by atoms with Gasteiger partial charge in [0.05, 0.1) is 0 Å². The monoisotopic (exact) mass is 252 g/mol. The van der Waals surface area contributed by atoms with Crippen molar-refractivity contribution in [2.24, 2.45) is 0 Å². The quantitative estimate of drug-likeness (QED) is 0.871. The van der Waals surface area contributed by atoms with E-state index < -0.39 is 10.8 Å². The summed E-state index contributed by atoms with van der Waals surface area (Å²) in [4.78, 5) is 4.32. The van der Waals surface area contributed by atoms with Gasteiger partial charge in [-0.3, -0.25) is 4.21 Å². The Morgan fingerprint density at radius 1 is 1.53 bits per heavy atom. The second kappa shape index (κ2) is 5.27. The van der Waals surface area contributed by atoms with Crippen molar-refractivity contribution < 1.29 is 4.21 Å². The third kappa shape index (κ3) is 3.03. The van der Waals surface area contributed by atoms with Crippen LogP contribution in [0.25, 0.3) is 5.65 Å². The molecule has 0 aliphatic carbocycles. The van der Waals surface area contributed by atoms with Gasteiger partial charge in [-0.25, -0.2) is 4.52 Å². The first-order valence-corrected chi connectivity index (χ1v) is 7.16. The van der Waals surface area contributed by atoms with Gasteiger partial charge >= 0.3 is 0 Å². The third-order valence-corrected chi connectivity index (χ3v) is 4.01. The van der Waals surface area contributed by atoms with Crippen LogP contribution in [0, 0.1) is 0 Å². The molecule has 17 heavy (non-hydrogen) atoms. The maximum Gasteiger partial charge on any atom is 0.243 e. The van der Waals surface area contributed by atoms with E-state index in [-0.39, 0.29) is 5.25 Å². The Hall–Kier alpha value is -1.43. The van der Waals surface area contributed by atoms with Gasteiger partial charge in [0.25, 0.3) is 0 Å². The van der Waals surface area contributed by atoms with Crippen LogP contribution in [0.1, 0.15) is 13.3 Å². The van der Waals surface area contributed by atoms with Gasteiger partial charge in [-0.05, 0) is 18.6 Å². The highest BCUT2D eigenvalue weighted by Gasteiger charge is 2.06. The minimum absolute atomic E-state index is 0.194. The zero-order valence-corrected chi connectivity index (χ0v) is 10.8. The van der Waals surface area contributed by atoms with Crippen LogP contribution < -0.4 is 5.32 Å². The summed E-state index contributed by atoms with van der Waals surface area (Å²) >= 11 is 0. The minimum atomic E-state index is -0.769. The highest BCUT2D eigenvalue weighted by atomic mass is 32.2. The predicted molar refractivity (Wildman–Crippen MR) is 69.6 cm³/mol. The molecule has 6 heteroatoms. The van der Waals surface area contributed by atoms with E-state index in [0.29, 0.717) is 5.95 Å². The lowest BCUT2D eigenvalue weighted by molar-refractivity contribution is 0.672. The standard InChI is InChI=1S/C11H16N4OS/c1-9(17(2)16)6-7-12-11-13-10-5-3-4-8-15(10)14-11/h3-5,8-9H,6-7H2,1-2H3,(H,12,14). The van der Waals surface area contributed by atoms with E-state index in [2.05, 4.69) is 15.4 Å². The fourth-order valence-corrected chi connectivity index (χ4v) is 1.91. The van der Waals surface area contributed by atoms with Gasteiger partial charge in [-0.1, -0.05) is 13.0 Å². The van der Waals surface area contributed by atoms with Crippen molar-refractivity contribution in [3.05, 3.63) is 24.4 Å². The van der Waals surface area contributed by atoms with Crippen LogP contribution in [0.5, 0.6) is 0 Å². The lowest BCUT2D eigenvalue weighted by Gasteiger charge is -2.07. The summed E-state index contributed by atoms with van der Waals surface area (Å²) in [6.45, 7) is 2.71. The Morgan fingerprint density at radius 2 is 2.35 bits per heavy atom. The van der Waals surface area contributed by atoms with E-state index in [9.17, 15) is 4.21 Å². The molecular formula is C11H16N4OS. The topological polar surface area (TPSA) is 59.3 Å². The number of aromatic nitrogens is 3. The molecule has 0 aromatic carbocycles. The molecule has 0 aliphatic rings. The van der Waals surface area contributed by atoms with E-state index in [1.807, 2.05) is 31.3 Å². The number of nitrogens with zero attached hydrogens (tertiary/aromatic N) is 3. The molecule has 0 radical (unpaired) electrons. The first-order valence-electron chi connectivity index (χ1n) is 5.54. The van der Waals surface area contributed by atoms with Crippen LogP contribution in [-0.4, -0.2) is 36.9 Å². The van der Waals surface area contributed by atoms with Gasteiger partial charge in [-0.15, -0.1) is 5.10 Å². The molecule has 2 heterocycles. The highest BCUT2D eigenvalue weighted by Crippen LogP contribution is 2.05. The average Bonchev–Trinajstić information content (AvgIpc) is 2.71. The molecule has 2 atom stereocenters. The number of nitrogens with one attached hydrogen (secondary N) is 1. The van der Waals surface area contributed by atoms with Crippen molar-refractivity contribution in [2.45, 2.75) is 18.6 Å². The van der Waals surface area contributed by atoms with Crippen LogP contribution in [0.3, 0.4) is 0 Å². The summed E-state index contributed by atoms with van der Waals surface area (Å²) in [6.07, 6.45) is 4.43. The Labute approximate surface area is 103 Å². The summed E-state index contributed by atoms with van der Waals surface area (Å²) < 4.78 is 12.9. The second-order valence-corrected chi connectivity index (χ2v) is 5.77. The summed E-state index contributed by atoms with van der Waals surface area (Å²) in [5.41, 5.74) is 0.821. The van der Waals surface area contributed by atoms with Crippen LogP contribution in [0.4, 0.5) is 5.95 Å². The van der Waals surface area contributed by atoms with Crippen molar-refractivity contribution in [1.29, 1.82) is 0 Å². The molecule has 0 fully saturated rings. The zero-order chi connectivity index (χ0) is 12.3. The number of fused-ring (bicyclic) bond motifs is 1. The summed E-state index contributed by atoms with van der Waals surface area (Å²) in [6, 6.07) is 5.74. The lowest BCUT2D eigenvalue weighted by atomic mass is 10.3. The molecule has 1 N–H and O–H groups in total. The number of anilines is 1. The average molecular weight is 252 g/mol. The molecule has 0 spiro atoms. The van der Waals surface area contributed by atoms with Gasteiger partial charge in [0.2, 0.25) is 5.95 Å². The van der Waals surface area contributed by atoms with Crippen LogP contribution >= 0.6 is 0 Å². The summed E-state index contributed by atoms with van der Waals surface area (Å²) in [5, 5.41) is 7.61. The van der Waals surface area contributed by atoms with Crippen molar-refractivity contribution >= 4 is 22.4 Å². The van der Waals surface area contributed by atoms with Gasteiger partial charge in [0, 0.05) is 35.0 Å².